The van der Waals surface area contributed by atoms with Crippen LogP contribution in [0.5, 0.6) is 0 Å². The van der Waals surface area contributed by atoms with Crippen LogP contribution in [0.4, 0.5) is 13.2 Å². The van der Waals surface area contributed by atoms with Crippen LogP contribution in [0.3, 0.4) is 0 Å². The van der Waals surface area contributed by atoms with Crippen molar-refractivity contribution < 1.29 is 27.5 Å². The number of alkyl halides is 2. The summed E-state index contributed by atoms with van der Waals surface area (Å²) in [6, 6.07) is 10.0. The van der Waals surface area contributed by atoms with Gasteiger partial charge in [0.25, 0.3) is 11.8 Å². The maximum Gasteiger partial charge on any atom is 0.314 e. The Labute approximate surface area is 175 Å². The van der Waals surface area contributed by atoms with Gasteiger partial charge in [0.2, 0.25) is 5.89 Å². The second-order valence-electron chi connectivity index (χ2n) is 7.88. The van der Waals surface area contributed by atoms with Gasteiger partial charge in [0.1, 0.15) is 5.82 Å². The first-order valence-corrected chi connectivity index (χ1v) is 9.91. The van der Waals surface area contributed by atoms with Crippen molar-refractivity contribution in [1.82, 2.24) is 15.1 Å². The molecule has 2 aromatic carbocycles. The lowest BCUT2D eigenvalue weighted by molar-refractivity contribution is 0.0282. The fourth-order valence-electron chi connectivity index (χ4n) is 4.04. The molecule has 1 aliphatic heterocycles. The molecule has 0 bridgehead atoms. The van der Waals surface area contributed by atoms with Crippen molar-refractivity contribution in [3.8, 4) is 11.5 Å². The fourth-order valence-corrected chi connectivity index (χ4v) is 4.04. The van der Waals surface area contributed by atoms with E-state index in [1.165, 1.54) is 18.2 Å². The number of hydrogen-bond donors (Lipinski definition) is 1. The smallest absolute Gasteiger partial charge is 0.314 e. The van der Waals surface area contributed by atoms with E-state index >= 15 is 0 Å². The highest BCUT2D eigenvalue weighted by Gasteiger charge is 2.43. The number of aliphatic hydroxyl groups excluding tert-OH is 1. The number of hydrogen-bond acceptors (Lipinski definition) is 5. The van der Waals surface area contributed by atoms with Crippen LogP contribution in [0.15, 0.2) is 46.9 Å². The molecule has 0 saturated heterocycles. The molecule has 3 aromatic rings. The first-order chi connectivity index (χ1) is 14.9. The molecule has 0 spiro atoms. The topological polar surface area (TPSA) is 79.5 Å². The molecule has 5 rings (SSSR count). The van der Waals surface area contributed by atoms with E-state index in [4.69, 9.17) is 4.42 Å². The van der Waals surface area contributed by atoms with Gasteiger partial charge in [-0.25, -0.2) is 4.39 Å². The summed E-state index contributed by atoms with van der Waals surface area (Å²) in [5, 5.41) is 17.9. The van der Waals surface area contributed by atoms with Gasteiger partial charge in [-0.05, 0) is 54.2 Å². The number of amides is 1. The summed E-state index contributed by atoms with van der Waals surface area (Å²) in [4.78, 5) is 14.8. The summed E-state index contributed by atoms with van der Waals surface area (Å²) in [6.07, 6.45) is -1.90. The normalized spacial score (nSPS) is 17.8. The van der Waals surface area contributed by atoms with Crippen LogP contribution in [-0.2, 0) is 6.54 Å². The van der Waals surface area contributed by atoms with Crippen LogP contribution in [-0.4, -0.2) is 32.2 Å². The lowest BCUT2D eigenvalue weighted by Gasteiger charge is -2.32. The van der Waals surface area contributed by atoms with Crippen molar-refractivity contribution >= 4 is 5.91 Å². The van der Waals surface area contributed by atoms with E-state index in [2.05, 4.69) is 10.2 Å². The number of aromatic nitrogens is 2. The van der Waals surface area contributed by atoms with Crippen molar-refractivity contribution in [3.05, 3.63) is 70.9 Å². The van der Waals surface area contributed by atoms with E-state index in [-0.39, 0.29) is 24.3 Å². The van der Waals surface area contributed by atoms with Crippen LogP contribution in [0, 0.1) is 11.7 Å². The molecule has 31 heavy (non-hydrogen) atoms. The number of aliphatic hydroxyl groups is 1. The number of nitrogens with zero attached hydrogens (tertiary/aromatic N) is 3. The Morgan fingerprint density at radius 1 is 1.10 bits per heavy atom. The molecule has 1 aromatic heterocycles. The van der Waals surface area contributed by atoms with Crippen molar-refractivity contribution in [2.75, 3.05) is 0 Å². The number of halogens is 3. The van der Waals surface area contributed by atoms with Crippen LogP contribution in [0.25, 0.3) is 11.5 Å². The van der Waals surface area contributed by atoms with E-state index in [1.54, 1.807) is 29.2 Å². The largest absolute Gasteiger partial charge is 0.415 e. The van der Waals surface area contributed by atoms with E-state index < -0.39 is 30.3 Å². The highest BCUT2D eigenvalue weighted by atomic mass is 19.3. The Morgan fingerprint density at radius 3 is 2.48 bits per heavy atom. The van der Waals surface area contributed by atoms with E-state index in [9.17, 15) is 23.1 Å². The van der Waals surface area contributed by atoms with Gasteiger partial charge in [0.05, 0.1) is 12.1 Å². The SMILES string of the molecule is O=C1c2cc(-c3nnc(C(F)F)o3)ccc2CN1[C@H](c1ccc(F)cc1)[C@@H](O)C1CC1. The van der Waals surface area contributed by atoms with Crippen LogP contribution >= 0.6 is 0 Å². The third kappa shape index (κ3) is 3.59. The zero-order valence-corrected chi connectivity index (χ0v) is 16.2. The van der Waals surface area contributed by atoms with E-state index in [1.807, 2.05) is 0 Å². The van der Waals surface area contributed by atoms with Gasteiger partial charge < -0.3 is 14.4 Å². The molecule has 9 heteroatoms. The van der Waals surface area contributed by atoms with E-state index in [0.29, 0.717) is 16.7 Å². The molecule has 1 amide bonds. The highest BCUT2D eigenvalue weighted by molar-refractivity contribution is 5.99. The number of rotatable bonds is 6. The van der Waals surface area contributed by atoms with Gasteiger partial charge >= 0.3 is 6.43 Å². The Bertz CT molecular complexity index is 1130. The fraction of sp³-hybridized carbons (Fsp3) is 0.318. The number of benzene rings is 2. The van der Waals surface area contributed by atoms with Gasteiger partial charge in [-0.3, -0.25) is 4.79 Å². The van der Waals surface area contributed by atoms with Crippen LogP contribution in [0.2, 0.25) is 0 Å². The summed E-state index contributed by atoms with van der Waals surface area (Å²) < 4.78 is 43.9. The molecule has 1 N–H and O–H groups in total. The predicted octanol–water partition coefficient (Wildman–Crippen LogP) is 4.28. The number of carbonyl (C=O) groups excluding carboxylic acids is 1. The molecule has 2 aliphatic rings. The standard InChI is InChI=1S/C22H18F3N3O3/c23-15-7-5-11(6-8-15)17(18(29)12-1-2-12)28-10-14-4-3-13(9-16(14)22(28)30)20-26-27-21(31-20)19(24)25/h3-9,12,17-19,29H,1-2,10H2/t17-,18+/m1/s1. The van der Waals surface area contributed by atoms with Gasteiger partial charge in [0, 0.05) is 17.7 Å². The average molecular weight is 429 g/mol. The Hall–Kier alpha value is -3.20. The second-order valence-corrected chi connectivity index (χ2v) is 7.88. The molecule has 160 valence electrons. The zero-order chi connectivity index (χ0) is 21.7. The molecule has 1 saturated carbocycles. The quantitative estimate of drug-likeness (QED) is 0.633. The number of fused-ring (bicyclic) bond motifs is 1. The lowest BCUT2D eigenvalue weighted by atomic mass is 9.96. The molecule has 0 unspecified atom stereocenters. The van der Waals surface area contributed by atoms with Crippen molar-refractivity contribution in [3.63, 3.8) is 0 Å². The molecular formula is C22H18F3N3O3. The zero-order valence-electron chi connectivity index (χ0n) is 16.2. The first kappa shape index (κ1) is 19.7. The Morgan fingerprint density at radius 2 is 1.84 bits per heavy atom. The molecule has 2 atom stereocenters. The van der Waals surface area contributed by atoms with Crippen molar-refractivity contribution in [1.29, 1.82) is 0 Å². The van der Waals surface area contributed by atoms with E-state index in [0.717, 1.165) is 18.4 Å². The Kier molecular flexibility index (Phi) is 4.77. The molecule has 6 nitrogen and oxygen atoms in total. The summed E-state index contributed by atoms with van der Waals surface area (Å²) in [6.45, 7) is 0.270. The van der Waals surface area contributed by atoms with Crippen molar-refractivity contribution in [2.24, 2.45) is 5.92 Å². The summed E-state index contributed by atoms with van der Waals surface area (Å²) in [5.74, 6) is -1.50. The average Bonchev–Trinajstić information content (AvgIpc) is 3.40. The first-order valence-electron chi connectivity index (χ1n) is 9.91. The molecule has 1 fully saturated rings. The molecule has 1 aliphatic carbocycles. The second kappa shape index (κ2) is 7.49. The summed E-state index contributed by atoms with van der Waals surface area (Å²) in [7, 11) is 0. The van der Waals surface area contributed by atoms with Crippen LogP contribution in [0.1, 0.15) is 52.7 Å². The third-order valence-electron chi connectivity index (χ3n) is 5.79. The molecular weight excluding hydrogens is 411 g/mol. The summed E-state index contributed by atoms with van der Waals surface area (Å²) in [5.41, 5.74) is 2.12. The van der Waals surface area contributed by atoms with Gasteiger partial charge in [-0.2, -0.15) is 8.78 Å². The van der Waals surface area contributed by atoms with Crippen molar-refractivity contribution in [2.45, 2.75) is 38.0 Å². The minimum atomic E-state index is -2.88. The molecule has 2 heterocycles. The maximum absolute atomic E-state index is 13.4. The maximum atomic E-state index is 13.4. The Balaban J connectivity index is 1.47. The summed E-state index contributed by atoms with van der Waals surface area (Å²) >= 11 is 0. The third-order valence-corrected chi connectivity index (χ3v) is 5.79. The predicted molar refractivity (Wildman–Crippen MR) is 102 cm³/mol. The van der Waals surface area contributed by atoms with Gasteiger partial charge in [-0.1, -0.05) is 18.2 Å². The molecule has 0 radical (unpaired) electrons. The van der Waals surface area contributed by atoms with Gasteiger partial charge in [0.15, 0.2) is 0 Å². The van der Waals surface area contributed by atoms with Gasteiger partial charge in [-0.15, -0.1) is 10.2 Å². The van der Waals surface area contributed by atoms with Crippen LogP contribution < -0.4 is 0 Å². The minimum absolute atomic E-state index is 0.0910. The monoisotopic (exact) mass is 429 g/mol. The minimum Gasteiger partial charge on any atom is -0.415 e. The highest BCUT2D eigenvalue weighted by Crippen LogP contribution is 2.43. The number of carbonyl (C=O) groups is 1. The lowest BCUT2D eigenvalue weighted by Crippen LogP contribution is -2.38.